The van der Waals surface area contributed by atoms with Crippen LogP contribution in [0.1, 0.15) is 132 Å². The third-order valence-corrected chi connectivity index (χ3v) is 12.4. The summed E-state index contributed by atoms with van der Waals surface area (Å²) < 4.78 is 2.53. The van der Waals surface area contributed by atoms with Gasteiger partial charge in [0.15, 0.2) is 0 Å². The Morgan fingerprint density at radius 2 is 1.36 bits per heavy atom. The van der Waals surface area contributed by atoms with Crippen LogP contribution >= 0.6 is 0 Å². The molecule has 8 rings (SSSR count). The van der Waals surface area contributed by atoms with Crippen molar-refractivity contribution in [3.8, 4) is 51.9 Å². The SMILES string of the molecule is C#C.C=C/C=C\C(=C(C)C)c1cc(-c2cccc(-c3cccc(/C(C)=C/C=C\Cc4cccc(-c5cccc(-n6c7c(c8c6CCC=C8)C(C)CC=C7)c5)c4)c3)c2)ccc1CCC.CC.CC. The van der Waals surface area contributed by atoms with Gasteiger partial charge < -0.3 is 4.57 Å². The van der Waals surface area contributed by atoms with Crippen LogP contribution in [0.4, 0.5) is 0 Å². The largest absolute Gasteiger partial charge is 0.313 e. The highest BCUT2D eigenvalue weighted by molar-refractivity contribution is 5.83. The molecule has 1 atom stereocenters. The Morgan fingerprint density at radius 1 is 0.716 bits per heavy atom. The summed E-state index contributed by atoms with van der Waals surface area (Å²) >= 11 is 0. The van der Waals surface area contributed by atoms with Crippen LogP contribution in [-0.4, -0.2) is 4.57 Å². The molecular formula is C66H73N. The predicted molar refractivity (Wildman–Crippen MR) is 299 cm³/mol. The van der Waals surface area contributed by atoms with Gasteiger partial charge in [0.25, 0.3) is 0 Å². The van der Waals surface area contributed by atoms with E-state index in [1.807, 2.05) is 39.8 Å². The number of hydrogen-bond acceptors (Lipinski definition) is 0. The van der Waals surface area contributed by atoms with E-state index in [9.17, 15) is 0 Å². The van der Waals surface area contributed by atoms with Gasteiger partial charge in [0.05, 0.1) is 0 Å². The molecule has 0 amide bonds. The van der Waals surface area contributed by atoms with E-state index in [4.69, 9.17) is 0 Å². The van der Waals surface area contributed by atoms with E-state index >= 15 is 0 Å². The lowest BCUT2D eigenvalue weighted by Gasteiger charge is -2.18. The molecule has 1 heteroatoms. The third kappa shape index (κ3) is 12.3. The molecule has 1 heterocycles. The molecule has 5 aromatic carbocycles. The van der Waals surface area contributed by atoms with Crippen molar-refractivity contribution in [1.29, 1.82) is 0 Å². The first-order valence-corrected chi connectivity index (χ1v) is 24.6. The van der Waals surface area contributed by atoms with Crippen LogP contribution in [0.25, 0.3) is 62.4 Å². The number of rotatable bonds is 13. The van der Waals surface area contributed by atoms with Gasteiger partial charge in [-0.2, -0.15) is 0 Å². The van der Waals surface area contributed by atoms with Gasteiger partial charge >= 0.3 is 0 Å². The van der Waals surface area contributed by atoms with Crippen LogP contribution in [-0.2, 0) is 19.3 Å². The lowest BCUT2D eigenvalue weighted by atomic mass is 9.88. The number of hydrogen-bond donors (Lipinski definition) is 0. The molecule has 6 aromatic rings. The van der Waals surface area contributed by atoms with E-state index < -0.39 is 0 Å². The molecule has 1 aromatic heterocycles. The molecule has 0 spiro atoms. The van der Waals surface area contributed by atoms with Crippen molar-refractivity contribution in [3.63, 3.8) is 0 Å². The number of terminal acetylenes is 1. The molecule has 0 saturated carbocycles. The molecule has 0 N–H and O–H groups in total. The highest BCUT2D eigenvalue weighted by Crippen LogP contribution is 2.41. The van der Waals surface area contributed by atoms with Crippen molar-refractivity contribution in [2.24, 2.45) is 0 Å². The van der Waals surface area contributed by atoms with Crippen LogP contribution < -0.4 is 0 Å². The van der Waals surface area contributed by atoms with Crippen LogP contribution in [0.15, 0.2) is 176 Å². The number of aromatic nitrogens is 1. The number of benzene rings is 5. The third-order valence-electron chi connectivity index (χ3n) is 12.4. The first-order chi connectivity index (χ1) is 32.8. The van der Waals surface area contributed by atoms with E-state index in [1.54, 1.807) is 0 Å². The average Bonchev–Trinajstić information content (AvgIpc) is 3.73. The maximum atomic E-state index is 4.00. The van der Waals surface area contributed by atoms with Crippen molar-refractivity contribution in [2.45, 2.75) is 107 Å². The lowest BCUT2D eigenvalue weighted by molar-refractivity contribution is 0.766. The molecule has 342 valence electrons. The highest BCUT2D eigenvalue weighted by Gasteiger charge is 2.27. The molecule has 67 heavy (non-hydrogen) atoms. The van der Waals surface area contributed by atoms with Crippen LogP contribution in [0.3, 0.4) is 0 Å². The minimum absolute atomic E-state index is 0.541. The number of aryl methyl sites for hydroxylation is 1. The van der Waals surface area contributed by atoms with Gasteiger partial charge in [-0.25, -0.2) is 0 Å². The van der Waals surface area contributed by atoms with Crippen molar-refractivity contribution in [2.75, 3.05) is 0 Å². The predicted octanol–water partition coefficient (Wildman–Crippen LogP) is 19.0. The van der Waals surface area contributed by atoms with Gasteiger partial charge in [0.1, 0.15) is 0 Å². The molecule has 0 fully saturated rings. The normalized spacial score (nSPS) is 13.6. The van der Waals surface area contributed by atoms with Gasteiger partial charge in [-0.05, 0) is 173 Å². The Morgan fingerprint density at radius 3 is 2.06 bits per heavy atom. The summed E-state index contributed by atoms with van der Waals surface area (Å²) in [4.78, 5) is 0. The summed E-state index contributed by atoms with van der Waals surface area (Å²) in [7, 11) is 0. The Bertz CT molecular complexity index is 2810. The van der Waals surface area contributed by atoms with Gasteiger partial charge in [-0.15, -0.1) is 12.8 Å². The van der Waals surface area contributed by atoms with Crippen molar-refractivity contribution in [1.82, 2.24) is 4.57 Å². The Labute approximate surface area is 405 Å². The highest BCUT2D eigenvalue weighted by atomic mass is 15.0. The smallest absolute Gasteiger partial charge is 0.0496 e. The van der Waals surface area contributed by atoms with E-state index in [2.05, 4.69) is 222 Å². The zero-order valence-electron chi connectivity index (χ0n) is 41.9. The molecule has 0 radical (unpaired) electrons. The second kappa shape index (κ2) is 25.7. The molecule has 0 saturated heterocycles. The monoisotopic (exact) mass is 880 g/mol. The van der Waals surface area contributed by atoms with Crippen LogP contribution in [0.2, 0.25) is 0 Å². The van der Waals surface area contributed by atoms with Gasteiger partial charge in [-0.3, -0.25) is 0 Å². The molecular weight excluding hydrogens is 807 g/mol. The van der Waals surface area contributed by atoms with Crippen LogP contribution in [0.5, 0.6) is 0 Å². The first-order valence-electron chi connectivity index (χ1n) is 24.6. The van der Waals surface area contributed by atoms with Crippen molar-refractivity contribution >= 4 is 23.3 Å². The minimum Gasteiger partial charge on any atom is -0.313 e. The Kier molecular flexibility index (Phi) is 19.6. The molecule has 2 aliphatic carbocycles. The van der Waals surface area contributed by atoms with E-state index in [1.165, 1.54) is 101 Å². The first kappa shape index (κ1) is 51.1. The summed E-state index contributed by atoms with van der Waals surface area (Å²) in [5.74, 6) is 0.541. The molecule has 0 bridgehead atoms. The van der Waals surface area contributed by atoms with Crippen molar-refractivity contribution < 1.29 is 0 Å². The van der Waals surface area contributed by atoms with Crippen LogP contribution in [0, 0.1) is 12.8 Å². The maximum Gasteiger partial charge on any atom is 0.0496 e. The average molecular weight is 880 g/mol. The molecule has 2 aliphatic rings. The van der Waals surface area contributed by atoms with Gasteiger partial charge in [-0.1, -0.05) is 200 Å². The topological polar surface area (TPSA) is 4.93 Å². The minimum atomic E-state index is 0.541. The second-order valence-electron chi connectivity index (χ2n) is 17.0. The van der Waals surface area contributed by atoms with Gasteiger partial charge in [0, 0.05) is 17.1 Å². The number of allylic oxidation sites excluding steroid dienone is 11. The fraction of sp³-hybridized carbons (Fsp3) is 0.242. The summed E-state index contributed by atoms with van der Waals surface area (Å²) in [5, 5.41) is 0. The fourth-order valence-electron chi connectivity index (χ4n) is 9.23. The zero-order valence-corrected chi connectivity index (χ0v) is 41.9. The summed E-state index contributed by atoms with van der Waals surface area (Å²) in [6.45, 7) is 23.1. The summed E-state index contributed by atoms with van der Waals surface area (Å²) in [6.07, 6.45) is 36.6. The number of fused-ring (bicyclic) bond motifs is 3. The fourth-order valence-corrected chi connectivity index (χ4v) is 9.23. The van der Waals surface area contributed by atoms with Gasteiger partial charge in [0.2, 0.25) is 0 Å². The molecule has 0 aliphatic heterocycles. The lowest BCUT2D eigenvalue weighted by Crippen LogP contribution is -2.05. The Hall–Kier alpha value is -6.88. The zero-order chi connectivity index (χ0) is 48.3. The quantitative estimate of drug-likeness (QED) is 0.0805. The molecule has 1 unspecified atom stereocenters. The summed E-state index contributed by atoms with van der Waals surface area (Å²) in [5.41, 5.74) is 23.5. The van der Waals surface area contributed by atoms with E-state index in [0.717, 1.165) is 38.5 Å². The Balaban J connectivity index is 0.00000135. The maximum absolute atomic E-state index is 4.00. The van der Waals surface area contributed by atoms with E-state index in [0.29, 0.717) is 5.92 Å². The second-order valence-corrected chi connectivity index (χ2v) is 17.0. The standard InChI is InChI=1S/C60H59N.2C2H6.C2H2/c1-7-9-31-55(42(3)4)57-41-53(36-35-46(57)19-8-2)51-28-17-27-50(39-51)49-26-16-24-47(38-49)43(5)20-10-11-22-45-23-15-25-48(37-45)52-29-18-30-54(40-52)61-58-33-13-12-32-56(58)60-44(6)21-14-34-59(60)61;3*1-2/h7,9-12,14-18,20,23-32,34-41,44H,1,8,13,19,21-22,33H2,2-6H3;2*1-2H3;1-2H/b11-10-,31-9-,43-20+;;;. The van der Waals surface area contributed by atoms with Crippen molar-refractivity contribution in [3.05, 3.63) is 221 Å². The summed E-state index contributed by atoms with van der Waals surface area (Å²) in [6, 6.07) is 43.0. The molecule has 1 nitrogen and oxygen atoms in total. The number of nitrogens with zero attached hydrogens (tertiary/aromatic N) is 1. The van der Waals surface area contributed by atoms with E-state index in [-0.39, 0.29) is 0 Å².